The van der Waals surface area contributed by atoms with Crippen molar-refractivity contribution in [2.75, 3.05) is 26.2 Å². The van der Waals surface area contributed by atoms with E-state index in [1.54, 1.807) is 18.4 Å². The summed E-state index contributed by atoms with van der Waals surface area (Å²) in [6.07, 6.45) is 3.83. The summed E-state index contributed by atoms with van der Waals surface area (Å²) in [5.41, 5.74) is 0. The Morgan fingerprint density at radius 2 is 2.12 bits per heavy atom. The summed E-state index contributed by atoms with van der Waals surface area (Å²) in [4.78, 5) is 16.7. The fourth-order valence-corrected chi connectivity index (χ4v) is 3.03. The molecule has 0 bridgehead atoms. The number of hydrogen-bond donors (Lipinski definition) is 1. The fourth-order valence-electron chi connectivity index (χ4n) is 3.03. The number of aromatic nitrogens is 2. The molecule has 1 N–H and O–H groups in total. The number of hydrogen-bond acceptors (Lipinski definition) is 7. The lowest BCUT2D eigenvalue weighted by Gasteiger charge is -2.36. The lowest BCUT2D eigenvalue weighted by molar-refractivity contribution is -0.126. The van der Waals surface area contributed by atoms with Crippen molar-refractivity contribution in [1.29, 1.82) is 0 Å². The summed E-state index contributed by atoms with van der Waals surface area (Å²) in [6.45, 7) is 6.07. The lowest BCUT2D eigenvalue weighted by atomic mass is 10.2. The molecular weight excluding hydrogens is 322 g/mol. The number of nitrogens with one attached hydrogen (secondary N) is 1. The van der Waals surface area contributed by atoms with E-state index in [1.165, 1.54) is 0 Å². The van der Waals surface area contributed by atoms with Gasteiger partial charge in [0.2, 0.25) is 11.8 Å². The van der Waals surface area contributed by atoms with E-state index < -0.39 is 0 Å². The molecule has 1 saturated heterocycles. The molecule has 1 saturated carbocycles. The summed E-state index contributed by atoms with van der Waals surface area (Å²) >= 11 is 0. The van der Waals surface area contributed by atoms with E-state index >= 15 is 0 Å². The second kappa shape index (κ2) is 6.97. The van der Waals surface area contributed by atoms with Crippen LogP contribution in [0.3, 0.4) is 0 Å². The third-order valence-electron chi connectivity index (χ3n) is 4.82. The fraction of sp³-hybridized carbons (Fsp3) is 0.588. The normalized spacial score (nSPS) is 20.5. The molecule has 8 heteroatoms. The summed E-state index contributed by atoms with van der Waals surface area (Å²) < 4.78 is 10.9. The van der Waals surface area contributed by atoms with Gasteiger partial charge in [-0.25, -0.2) is 0 Å². The Morgan fingerprint density at radius 3 is 2.80 bits per heavy atom. The van der Waals surface area contributed by atoms with E-state index in [9.17, 15) is 4.79 Å². The SMILES string of the molecule is CC(C(=O)NC1CC1)N1CCN(Cc2nnc(-c3ccco3)o2)CC1. The maximum Gasteiger partial charge on any atom is 0.283 e. The van der Waals surface area contributed by atoms with Gasteiger partial charge in [-0.3, -0.25) is 14.6 Å². The Hall–Kier alpha value is -2.19. The van der Waals surface area contributed by atoms with Crippen LogP contribution in [0.15, 0.2) is 27.2 Å². The molecule has 8 nitrogen and oxygen atoms in total. The highest BCUT2D eigenvalue weighted by Gasteiger charge is 2.30. The third kappa shape index (κ3) is 3.91. The van der Waals surface area contributed by atoms with Gasteiger partial charge in [-0.15, -0.1) is 10.2 Å². The van der Waals surface area contributed by atoms with Crippen molar-refractivity contribution in [3.05, 3.63) is 24.3 Å². The Bertz CT molecular complexity index is 702. The van der Waals surface area contributed by atoms with Gasteiger partial charge in [0, 0.05) is 32.2 Å². The zero-order chi connectivity index (χ0) is 17.2. The van der Waals surface area contributed by atoms with Gasteiger partial charge >= 0.3 is 0 Å². The van der Waals surface area contributed by atoms with E-state index in [-0.39, 0.29) is 11.9 Å². The van der Waals surface area contributed by atoms with Crippen molar-refractivity contribution >= 4 is 5.91 Å². The second-order valence-electron chi connectivity index (χ2n) is 6.75. The summed E-state index contributed by atoms with van der Waals surface area (Å²) in [5, 5.41) is 11.2. The highest BCUT2D eigenvalue weighted by atomic mass is 16.4. The minimum Gasteiger partial charge on any atom is -0.459 e. The average molecular weight is 345 g/mol. The highest BCUT2D eigenvalue weighted by molar-refractivity contribution is 5.81. The number of amides is 1. The van der Waals surface area contributed by atoms with Gasteiger partial charge in [-0.1, -0.05) is 0 Å². The van der Waals surface area contributed by atoms with Crippen LogP contribution in [0.1, 0.15) is 25.7 Å². The van der Waals surface area contributed by atoms with E-state index in [1.807, 2.05) is 6.92 Å². The number of furan rings is 1. The molecule has 1 atom stereocenters. The van der Waals surface area contributed by atoms with Gasteiger partial charge in [0.1, 0.15) is 0 Å². The van der Waals surface area contributed by atoms with Crippen LogP contribution in [-0.4, -0.2) is 64.2 Å². The molecule has 25 heavy (non-hydrogen) atoms. The number of carbonyl (C=O) groups is 1. The van der Waals surface area contributed by atoms with Crippen LogP contribution in [0.2, 0.25) is 0 Å². The van der Waals surface area contributed by atoms with Crippen LogP contribution >= 0.6 is 0 Å². The molecule has 4 rings (SSSR count). The van der Waals surface area contributed by atoms with Crippen LogP contribution in [0, 0.1) is 0 Å². The minimum atomic E-state index is -0.0725. The van der Waals surface area contributed by atoms with Crippen molar-refractivity contribution < 1.29 is 13.6 Å². The van der Waals surface area contributed by atoms with Crippen molar-refractivity contribution in [2.24, 2.45) is 0 Å². The standard InChI is InChI=1S/C17H23N5O3/c1-12(16(23)18-13-4-5-13)22-8-6-21(7-9-22)11-15-19-20-17(25-15)14-3-2-10-24-14/h2-3,10,12-13H,4-9,11H2,1H3,(H,18,23). The Labute approximate surface area is 146 Å². The molecule has 0 radical (unpaired) electrons. The summed E-state index contributed by atoms with van der Waals surface area (Å²) in [7, 11) is 0. The first-order valence-electron chi connectivity index (χ1n) is 8.82. The molecule has 2 fully saturated rings. The zero-order valence-electron chi connectivity index (χ0n) is 14.4. The van der Waals surface area contributed by atoms with Gasteiger partial charge in [0.05, 0.1) is 18.8 Å². The predicted molar refractivity (Wildman–Crippen MR) is 89.5 cm³/mol. The number of rotatable bonds is 6. The topological polar surface area (TPSA) is 87.6 Å². The van der Waals surface area contributed by atoms with Crippen LogP contribution in [0.5, 0.6) is 0 Å². The highest BCUT2D eigenvalue weighted by Crippen LogP contribution is 2.20. The molecule has 134 valence electrons. The van der Waals surface area contributed by atoms with Crippen LogP contribution in [-0.2, 0) is 11.3 Å². The quantitative estimate of drug-likeness (QED) is 0.839. The monoisotopic (exact) mass is 345 g/mol. The molecule has 1 aliphatic carbocycles. The van der Waals surface area contributed by atoms with Crippen LogP contribution < -0.4 is 5.32 Å². The summed E-state index contributed by atoms with van der Waals surface area (Å²) in [5.74, 6) is 1.72. The minimum absolute atomic E-state index is 0.0725. The first kappa shape index (κ1) is 16.3. The molecule has 2 aromatic heterocycles. The van der Waals surface area contributed by atoms with E-state index in [4.69, 9.17) is 8.83 Å². The third-order valence-corrected chi connectivity index (χ3v) is 4.82. The second-order valence-corrected chi connectivity index (χ2v) is 6.75. The average Bonchev–Trinajstić information content (AvgIpc) is 3.10. The molecule has 1 unspecified atom stereocenters. The van der Waals surface area contributed by atoms with Crippen molar-refractivity contribution in [3.63, 3.8) is 0 Å². The zero-order valence-corrected chi connectivity index (χ0v) is 14.4. The van der Waals surface area contributed by atoms with Crippen molar-refractivity contribution in [1.82, 2.24) is 25.3 Å². The van der Waals surface area contributed by atoms with E-state index in [2.05, 4.69) is 25.3 Å². The largest absolute Gasteiger partial charge is 0.459 e. The molecule has 2 aromatic rings. The number of nitrogens with zero attached hydrogens (tertiary/aromatic N) is 4. The molecular formula is C17H23N5O3. The smallest absolute Gasteiger partial charge is 0.283 e. The van der Waals surface area contributed by atoms with Crippen molar-refractivity contribution in [3.8, 4) is 11.7 Å². The molecule has 0 spiro atoms. The first-order chi connectivity index (χ1) is 12.2. The van der Waals surface area contributed by atoms with Gasteiger partial charge in [0.25, 0.3) is 5.89 Å². The summed E-state index contributed by atoms with van der Waals surface area (Å²) in [6, 6.07) is 3.93. The van der Waals surface area contributed by atoms with Gasteiger partial charge in [-0.05, 0) is 31.9 Å². The Kier molecular flexibility index (Phi) is 4.54. The number of piperazine rings is 1. The number of carbonyl (C=O) groups excluding carboxylic acids is 1. The van der Waals surface area contributed by atoms with E-state index in [0.717, 1.165) is 39.0 Å². The molecule has 3 heterocycles. The molecule has 1 aliphatic heterocycles. The molecule has 2 aliphatic rings. The molecule has 1 amide bonds. The Morgan fingerprint density at radius 1 is 1.32 bits per heavy atom. The molecule has 0 aromatic carbocycles. The first-order valence-corrected chi connectivity index (χ1v) is 8.82. The van der Waals surface area contributed by atoms with Crippen LogP contribution in [0.25, 0.3) is 11.7 Å². The van der Waals surface area contributed by atoms with E-state index in [0.29, 0.717) is 30.1 Å². The maximum absolute atomic E-state index is 12.2. The lowest BCUT2D eigenvalue weighted by Crippen LogP contribution is -2.53. The Balaban J connectivity index is 1.26. The van der Waals surface area contributed by atoms with Gasteiger partial charge < -0.3 is 14.2 Å². The van der Waals surface area contributed by atoms with Crippen molar-refractivity contribution in [2.45, 2.75) is 38.4 Å². The predicted octanol–water partition coefficient (Wildman–Crippen LogP) is 1.11. The van der Waals surface area contributed by atoms with Gasteiger partial charge in [0.15, 0.2) is 5.76 Å². The maximum atomic E-state index is 12.2. The van der Waals surface area contributed by atoms with Gasteiger partial charge in [-0.2, -0.15) is 0 Å². The van der Waals surface area contributed by atoms with Crippen LogP contribution in [0.4, 0.5) is 0 Å².